The maximum absolute atomic E-state index is 12.2. The largest absolute Gasteiger partial charge is 0.481 e. The highest BCUT2D eigenvalue weighted by Crippen LogP contribution is 2.26. The zero-order chi connectivity index (χ0) is 17.0. The predicted octanol–water partition coefficient (Wildman–Crippen LogP) is 2.80. The summed E-state index contributed by atoms with van der Waals surface area (Å²) < 4.78 is 5.79. The van der Waals surface area contributed by atoms with Crippen LogP contribution in [0.5, 0.6) is 5.75 Å². The number of hydrogen-bond donors (Lipinski definition) is 2. The molecule has 0 radical (unpaired) electrons. The molecule has 0 aliphatic heterocycles. The van der Waals surface area contributed by atoms with E-state index >= 15 is 0 Å². The normalized spacial score (nSPS) is 22.0. The molecule has 1 aromatic carbocycles. The number of amides is 1. The van der Waals surface area contributed by atoms with Gasteiger partial charge in [-0.25, -0.2) is 0 Å². The Labute approximate surface area is 138 Å². The first-order valence-corrected chi connectivity index (χ1v) is 8.16. The van der Waals surface area contributed by atoms with E-state index in [4.69, 9.17) is 9.84 Å². The molecule has 0 saturated heterocycles. The van der Waals surface area contributed by atoms with E-state index in [1.54, 1.807) is 6.92 Å². The Morgan fingerprint density at radius 3 is 2.74 bits per heavy atom. The summed E-state index contributed by atoms with van der Waals surface area (Å²) in [5.41, 5.74) is 1.21. The molecule has 4 nitrogen and oxygen atoms in total. The van der Waals surface area contributed by atoms with Crippen molar-refractivity contribution < 1.29 is 14.6 Å². The molecule has 0 bridgehead atoms. The maximum Gasteiger partial charge on any atom is 0.261 e. The van der Waals surface area contributed by atoms with E-state index in [1.807, 2.05) is 30.4 Å². The van der Waals surface area contributed by atoms with Crippen molar-refractivity contribution in [1.82, 2.24) is 5.32 Å². The van der Waals surface area contributed by atoms with E-state index in [1.165, 1.54) is 5.56 Å². The van der Waals surface area contributed by atoms with Gasteiger partial charge in [0.05, 0.1) is 0 Å². The van der Waals surface area contributed by atoms with Crippen molar-refractivity contribution in [3.05, 3.63) is 42.0 Å². The molecule has 0 spiro atoms. The van der Waals surface area contributed by atoms with Crippen LogP contribution < -0.4 is 10.1 Å². The van der Waals surface area contributed by atoms with Crippen LogP contribution in [0.3, 0.4) is 0 Å². The number of benzene rings is 1. The number of aliphatic hydroxyl groups is 1. The van der Waals surface area contributed by atoms with E-state index in [9.17, 15) is 4.79 Å². The van der Waals surface area contributed by atoms with E-state index in [0.29, 0.717) is 5.75 Å². The number of carbonyl (C=O) groups excluding carboxylic acids is 1. The van der Waals surface area contributed by atoms with Crippen LogP contribution in [-0.2, 0) is 10.2 Å². The van der Waals surface area contributed by atoms with E-state index < -0.39 is 6.10 Å². The van der Waals surface area contributed by atoms with Gasteiger partial charge in [0.2, 0.25) is 0 Å². The van der Waals surface area contributed by atoms with Crippen molar-refractivity contribution in [2.24, 2.45) is 5.92 Å². The first-order chi connectivity index (χ1) is 10.8. The van der Waals surface area contributed by atoms with Gasteiger partial charge in [-0.3, -0.25) is 4.79 Å². The zero-order valence-corrected chi connectivity index (χ0v) is 14.4. The van der Waals surface area contributed by atoms with Crippen molar-refractivity contribution in [2.75, 3.05) is 6.61 Å². The Kier molecular flexibility index (Phi) is 5.47. The average Bonchev–Trinajstić information content (AvgIpc) is 2.94. The van der Waals surface area contributed by atoms with Crippen LogP contribution in [0.1, 0.15) is 39.7 Å². The molecule has 23 heavy (non-hydrogen) atoms. The molecule has 1 unspecified atom stereocenters. The predicted molar refractivity (Wildman–Crippen MR) is 91.5 cm³/mol. The number of nitrogens with one attached hydrogen (secondary N) is 1. The number of hydrogen-bond acceptors (Lipinski definition) is 3. The van der Waals surface area contributed by atoms with Gasteiger partial charge < -0.3 is 15.2 Å². The maximum atomic E-state index is 12.2. The number of aliphatic hydroxyl groups excluding tert-OH is 1. The quantitative estimate of drug-likeness (QED) is 0.821. The molecule has 1 amide bonds. The van der Waals surface area contributed by atoms with Crippen molar-refractivity contribution in [3.63, 3.8) is 0 Å². The van der Waals surface area contributed by atoms with Gasteiger partial charge in [0, 0.05) is 18.6 Å². The minimum absolute atomic E-state index is 0.0217. The Balaban J connectivity index is 1.93. The summed E-state index contributed by atoms with van der Waals surface area (Å²) in [6, 6.07) is 7.85. The summed E-state index contributed by atoms with van der Waals surface area (Å²) >= 11 is 0. The van der Waals surface area contributed by atoms with Crippen LogP contribution in [0, 0.1) is 5.92 Å². The Morgan fingerprint density at radius 1 is 1.39 bits per heavy atom. The summed E-state index contributed by atoms with van der Waals surface area (Å²) in [6.07, 6.45) is 4.07. The summed E-state index contributed by atoms with van der Waals surface area (Å²) in [6.45, 7) is 8.31. The van der Waals surface area contributed by atoms with Crippen LogP contribution >= 0.6 is 0 Å². The topological polar surface area (TPSA) is 58.6 Å². The van der Waals surface area contributed by atoms with Gasteiger partial charge in [0.25, 0.3) is 5.91 Å². The molecule has 126 valence electrons. The van der Waals surface area contributed by atoms with E-state index in [-0.39, 0.29) is 29.9 Å². The van der Waals surface area contributed by atoms with Gasteiger partial charge in [0.15, 0.2) is 6.10 Å². The minimum Gasteiger partial charge on any atom is -0.481 e. The van der Waals surface area contributed by atoms with Crippen molar-refractivity contribution >= 4 is 5.91 Å². The van der Waals surface area contributed by atoms with Gasteiger partial charge in [-0.15, -0.1) is 0 Å². The molecular weight excluding hydrogens is 290 g/mol. The molecule has 0 aromatic heterocycles. The highest BCUT2D eigenvalue weighted by molar-refractivity contribution is 5.81. The molecule has 0 heterocycles. The standard InChI is InChI=1S/C19H27NO3/c1-13(18(22)20-16-9-8-14(10-16)12-21)23-17-7-5-6-15(11-17)19(2,3)4/h5-9,11,13-14,16,21H,10,12H2,1-4H3,(H,20,22)/t13?,14-,16+/m0/s1. The zero-order valence-electron chi connectivity index (χ0n) is 14.4. The van der Waals surface area contributed by atoms with Crippen LogP contribution in [-0.4, -0.2) is 29.8 Å². The van der Waals surface area contributed by atoms with Gasteiger partial charge in [-0.05, 0) is 36.5 Å². The fraction of sp³-hybridized carbons (Fsp3) is 0.526. The lowest BCUT2D eigenvalue weighted by Crippen LogP contribution is -2.41. The fourth-order valence-electron chi connectivity index (χ4n) is 2.61. The lowest BCUT2D eigenvalue weighted by molar-refractivity contribution is -0.127. The molecule has 0 saturated carbocycles. The van der Waals surface area contributed by atoms with E-state index in [2.05, 4.69) is 32.2 Å². The molecule has 2 N–H and O–H groups in total. The Hall–Kier alpha value is -1.81. The SMILES string of the molecule is CC(Oc1cccc(C(C)(C)C)c1)C(=O)N[C@@H]1C=C[C@H](CO)C1. The van der Waals surface area contributed by atoms with Crippen molar-refractivity contribution in [1.29, 1.82) is 0 Å². The summed E-state index contributed by atoms with van der Waals surface area (Å²) in [5, 5.41) is 12.1. The molecule has 4 heteroatoms. The second kappa shape index (κ2) is 7.18. The second-order valence-electron chi connectivity index (χ2n) is 7.22. The van der Waals surface area contributed by atoms with Crippen LogP contribution in [0.4, 0.5) is 0 Å². The van der Waals surface area contributed by atoms with Crippen molar-refractivity contribution in [2.45, 2.75) is 51.7 Å². The van der Waals surface area contributed by atoms with E-state index in [0.717, 1.165) is 6.42 Å². The third kappa shape index (κ3) is 4.83. The van der Waals surface area contributed by atoms with Crippen LogP contribution in [0.2, 0.25) is 0 Å². The van der Waals surface area contributed by atoms with Crippen LogP contribution in [0.25, 0.3) is 0 Å². The molecule has 3 atom stereocenters. The average molecular weight is 317 g/mol. The first-order valence-electron chi connectivity index (χ1n) is 8.16. The Morgan fingerprint density at radius 2 is 2.13 bits per heavy atom. The number of rotatable bonds is 5. The molecule has 0 fully saturated rings. The number of carbonyl (C=O) groups is 1. The highest BCUT2D eigenvalue weighted by Gasteiger charge is 2.23. The summed E-state index contributed by atoms with van der Waals surface area (Å²) in [5.74, 6) is 0.703. The van der Waals surface area contributed by atoms with Gasteiger partial charge in [-0.1, -0.05) is 45.1 Å². The van der Waals surface area contributed by atoms with Gasteiger partial charge in [-0.2, -0.15) is 0 Å². The second-order valence-corrected chi connectivity index (χ2v) is 7.22. The molecule has 1 aliphatic rings. The lowest BCUT2D eigenvalue weighted by Gasteiger charge is -2.21. The smallest absolute Gasteiger partial charge is 0.261 e. The summed E-state index contributed by atoms with van der Waals surface area (Å²) in [7, 11) is 0. The lowest BCUT2D eigenvalue weighted by atomic mass is 9.87. The fourth-order valence-corrected chi connectivity index (χ4v) is 2.61. The number of ether oxygens (including phenoxy) is 1. The minimum atomic E-state index is -0.563. The molecule has 1 aliphatic carbocycles. The highest BCUT2D eigenvalue weighted by atomic mass is 16.5. The third-order valence-corrected chi connectivity index (χ3v) is 4.12. The van der Waals surface area contributed by atoms with Crippen molar-refractivity contribution in [3.8, 4) is 5.75 Å². The first kappa shape index (κ1) is 17.5. The van der Waals surface area contributed by atoms with Gasteiger partial charge >= 0.3 is 0 Å². The molecular formula is C19H27NO3. The third-order valence-electron chi connectivity index (χ3n) is 4.12. The van der Waals surface area contributed by atoms with Gasteiger partial charge in [0.1, 0.15) is 5.75 Å². The molecule has 2 rings (SSSR count). The molecule has 1 aromatic rings. The Bertz CT molecular complexity index is 574. The summed E-state index contributed by atoms with van der Waals surface area (Å²) in [4.78, 5) is 12.2. The monoisotopic (exact) mass is 317 g/mol. The van der Waals surface area contributed by atoms with Crippen LogP contribution in [0.15, 0.2) is 36.4 Å².